The number of aromatic nitrogens is 4. The molecule has 11 rings (SSSR count). The highest BCUT2D eigenvalue weighted by atomic mass is 16.4. The van der Waals surface area contributed by atoms with Gasteiger partial charge in [-0.05, 0) is 59.3 Å². The van der Waals surface area contributed by atoms with Gasteiger partial charge in [0.15, 0.2) is 23.1 Å². The molecule has 0 spiro atoms. The molecule has 0 unspecified atom stereocenters. The Kier molecular flexibility index (Phi) is 5.83. The molecule has 0 radical (unpaired) electrons. The lowest BCUT2D eigenvalue weighted by molar-refractivity contribution is 0.622. The van der Waals surface area contributed by atoms with Crippen LogP contribution in [0.25, 0.3) is 111 Å². The molecule has 7 heteroatoms. The third-order valence-corrected chi connectivity index (χ3v) is 9.56. The number of furan rings is 2. The zero-order valence-corrected chi connectivity index (χ0v) is 26.9. The average Bonchev–Trinajstić information content (AvgIpc) is 3.90. The van der Waals surface area contributed by atoms with E-state index in [2.05, 4.69) is 30.3 Å². The summed E-state index contributed by atoms with van der Waals surface area (Å²) < 4.78 is 19.1. The number of hydrogen-bond donors (Lipinski definition) is 0. The average molecular weight is 657 g/mol. The quantitative estimate of drug-likeness (QED) is 0.186. The monoisotopic (exact) mass is 656 g/mol. The highest BCUT2D eigenvalue weighted by Gasteiger charge is 2.21. The molecule has 51 heavy (non-hydrogen) atoms. The lowest BCUT2D eigenvalue weighted by Crippen LogP contribution is -2.00. The Morgan fingerprint density at radius 1 is 0.373 bits per heavy atom. The van der Waals surface area contributed by atoms with E-state index in [4.69, 9.17) is 33.2 Å². The Bertz CT molecular complexity index is 3140. The van der Waals surface area contributed by atoms with Crippen LogP contribution in [0.2, 0.25) is 0 Å². The van der Waals surface area contributed by atoms with Crippen LogP contribution in [-0.4, -0.2) is 19.9 Å². The van der Waals surface area contributed by atoms with Gasteiger partial charge in [0, 0.05) is 38.4 Å². The first-order chi connectivity index (χ1) is 25.2. The van der Waals surface area contributed by atoms with Crippen LogP contribution in [0.4, 0.5) is 0 Å². The normalized spacial score (nSPS) is 11.9. The van der Waals surface area contributed by atoms with Crippen LogP contribution in [0.5, 0.6) is 0 Å². The van der Waals surface area contributed by atoms with Gasteiger partial charge in [-0.25, -0.2) is 19.9 Å². The SMILES string of the molecule is c1ccc(-c2nc(-c3cccc4cc5c(cc34)oc3ccc4nc(-c6ccccc6)oc4c35)nc(-c3cccc4oc5ccccc5c34)n2)cc1. The van der Waals surface area contributed by atoms with Gasteiger partial charge in [-0.2, -0.15) is 0 Å². The summed E-state index contributed by atoms with van der Waals surface area (Å²) in [4.78, 5) is 20.1. The van der Waals surface area contributed by atoms with Gasteiger partial charge in [0.1, 0.15) is 27.8 Å². The topological polar surface area (TPSA) is 91.0 Å². The molecule has 0 fully saturated rings. The van der Waals surface area contributed by atoms with Crippen molar-refractivity contribution in [3.63, 3.8) is 0 Å². The minimum atomic E-state index is 0.565. The van der Waals surface area contributed by atoms with Crippen molar-refractivity contribution in [3.8, 4) is 45.6 Å². The Labute approximate surface area is 289 Å². The van der Waals surface area contributed by atoms with E-state index in [0.29, 0.717) is 28.9 Å². The highest BCUT2D eigenvalue weighted by molar-refractivity contribution is 6.19. The Hall–Kier alpha value is -7.12. The van der Waals surface area contributed by atoms with Crippen molar-refractivity contribution in [1.29, 1.82) is 0 Å². The summed E-state index contributed by atoms with van der Waals surface area (Å²) in [5, 5.41) is 5.83. The smallest absolute Gasteiger partial charge is 0.227 e. The van der Waals surface area contributed by atoms with Crippen LogP contribution in [0.3, 0.4) is 0 Å². The van der Waals surface area contributed by atoms with E-state index >= 15 is 0 Å². The lowest BCUT2D eigenvalue weighted by atomic mass is 10.0. The third-order valence-electron chi connectivity index (χ3n) is 9.56. The molecule has 7 aromatic carbocycles. The largest absolute Gasteiger partial charge is 0.456 e. The van der Waals surface area contributed by atoms with E-state index in [1.807, 2.05) is 115 Å². The molecule has 0 N–H and O–H groups in total. The molecule has 0 atom stereocenters. The fourth-order valence-electron chi connectivity index (χ4n) is 7.21. The van der Waals surface area contributed by atoms with Gasteiger partial charge < -0.3 is 13.3 Å². The van der Waals surface area contributed by atoms with E-state index in [9.17, 15) is 0 Å². The predicted molar refractivity (Wildman–Crippen MR) is 201 cm³/mol. The number of hydrogen-bond acceptors (Lipinski definition) is 7. The van der Waals surface area contributed by atoms with Gasteiger partial charge in [0.25, 0.3) is 0 Å². The van der Waals surface area contributed by atoms with Gasteiger partial charge in [-0.1, -0.05) is 97.1 Å². The number of benzene rings is 7. The van der Waals surface area contributed by atoms with Crippen molar-refractivity contribution in [2.45, 2.75) is 0 Å². The summed E-state index contributed by atoms with van der Waals surface area (Å²) >= 11 is 0. The molecule has 0 saturated heterocycles. The lowest BCUT2D eigenvalue weighted by Gasteiger charge is -2.11. The van der Waals surface area contributed by atoms with Gasteiger partial charge >= 0.3 is 0 Å². The first-order valence-electron chi connectivity index (χ1n) is 16.7. The maximum atomic E-state index is 6.49. The molecule has 4 aromatic heterocycles. The van der Waals surface area contributed by atoms with E-state index in [-0.39, 0.29) is 0 Å². The minimum absolute atomic E-state index is 0.565. The summed E-state index contributed by atoms with van der Waals surface area (Å²) in [5.41, 5.74) is 8.14. The number of nitrogens with zero attached hydrogens (tertiary/aromatic N) is 4. The van der Waals surface area contributed by atoms with Crippen LogP contribution in [0.1, 0.15) is 0 Å². The molecule has 0 saturated carbocycles. The van der Waals surface area contributed by atoms with Crippen molar-refractivity contribution in [3.05, 3.63) is 146 Å². The third kappa shape index (κ3) is 4.31. The van der Waals surface area contributed by atoms with Crippen molar-refractivity contribution < 1.29 is 13.3 Å². The fourth-order valence-corrected chi connectivity index (χ4v) is 7.21. The van der Waals surface area contributed by atoms with Gasteiger partial charge in [-0.3, -0.25) is 0 Å². The standard InChI is InChI=1S/C44H24N4O3/c1-3-11-25(12-4-1)41-46-42(48-43(47-41)30-18-10-20-35-38(30)29-16-7-8-19-34(29)49-35)28-17-9-15-27-23-32-37(24-31(27)28)50-36-22-21-33-40(39(32)36)51-44(45-33)26-13-5-2-6-14-26/h1-24H. The number of para-hydroxylation sites is 1. The summed E-state index contributed by atoms with van der Waals surface area (Å²) in [7, 11) is 0. The molecule has 0 amide bonds. The first-order valence-corrected chi connectivity index (χ1v) is 16.7. The predicted octanol–water partition coefficient (Wildman–Crippen LogP) is 11.6. The van der Waals surface area contributed by atoms with Crippen molar-refractivity contribution in [2.24, 2.45) is 0 Å². The van der Waals surface area contributed by atoms with Crippen molar-refractivity contribution in [2.75, 3.05) is 0 Å². The second-order valence-electron chi connectivity index (χ2n) is 12.6. The molecule has 7 nitrogen and oxygen atoms in total. The number of rotatable bonds is 4. The van der Waals surface area contributed by atoms with E-state index in [1.165, 1.54) is 0 Å². The molecular formula is C44H24N4O3. The Morgan fingerprint density at radius 2 is 1.04 bits per heavy atom. The van der Waals surface area contributed by atoms with Crippen LogP contribution in [-0.2, 0) is 0 Å². The van der Waals surface area contributed by atoms with E-state index in [0.717, 1.165) is 82.4 Å². The summed E-state index contributed by atoms with van der Waals surface area (Å²) in [5.74, 6) is 2.30. The molecule has 0 bridgehead atoms. The minimum Gasteiger partial charge on any atom is -0.456 e. The highest BCUT2D eigenvalue weighted by Crippen LogP contribution is 2.41. The summed E-state index contributed by atoms with van der Waals surface area (Å²) in [6.45, 7) is 0. The van der Waals surface area contributed by atoms with Gasteiger partial charge in [-0.15, -0.1) is 0 Å². The molecule has 4 heterocycles. The zero-order valence-electron chi connectivity index (χ0n) is 26.9. The maximum Gasteiger partial charge on any atom is 0.227 e. The second-order valence-corrected chi connectivity index (χ2v) is 12.6. The molecule has 11 aromatic rings. The second kappa shape index (κ2) is 10.7. The maximum absolute atomic E-state index is 6.49. The van der Waals surface area contributed by atoms with E-state index < -0.39 is 0 Å². The molecule has 0 aliphatic heterocycles. The Balaban J connectivity index is 1.14. The molecular weight excluding hydrogens is 633 g/mol. The van der Waals surface area contributed by atoms with Crippen LogP contribution >= 0.6 is 0 Å². The fraction of sp³-hybridized carbons (Fsp3) is 0. The molecule has 0 aliphatic rings. The zero-order chi connectivity index (χ0) is 33.5. The van der Waals surface area contributed by atoms with Gasteiger partial charge in [0.05, 0.1) is 5.39 Å². The van der Waals surface area contributed by atoms with Crippen LogP contribution in [0.15, 0.2) is 159 Å². The number of oxazole rings is 1. The molecule has 0 aliphatic carbocycles. The summed E-state index contributed by atoms with van der Waals surface area (Å²) in [6, 6.07) is 48.4. The van der Waals surface area contributed by atoms with Crippen LogP contribution in [0, 0.1) is 0 Å². The van der Waals surface area contributed by atoms with Crippen molar-refractivity contribution in [1.82, 2.24) is 19.9 Å². The first kappa shape index (κ1) is 27.8. The Morgan fingerprint density at radius 3 is 1.90 bits per heavy atom. The van der Waals surface area contributed by atoms with Crippen molar-refractivity contribution >= 4 is 65.7 Å². The number of fused-ring (bicyclic) bond motifs is 9. The van der Waals surface area contributed by atoms with E-state index in [1.54, 1.807) is 0 Å². The summed E-state index contributed by atoms with van der Waals surface area (Å²) in [6.07, 6.45) is 0. The molecule has 238 valence electrons. The van der Waals surface area contributed by atoms with Crippen LogP contribution < -0.4 is 0 Å². The van der Waals surface area contributed by atoms with Gasteiger partial charge in [0.2, 0.25) is 5.89 Å².